The predicted octanol–water partition coefficient (Wildman–Crippen LogP) is 21.5. The van der Waals surface area contributed by atoms with E-state index in [9.17, 15) is 5.26 Å². The molecule has 0 aliphatic heterocycles. The number of rotatable bonds is 4. The number of aromatic nitrogens is 4. The Balaban J connectivity index is 1.04. The molecule has 0 atom stereocenters. The van der Waals surface area contributed by atoms with Crippen LogP contribution < -0.4 is 0 Å². The molecule has 88 heavy (non-hydrogen) atoms. The lowest BCUT2D eigenvalue weighted by Gasteiger charge is -2.25. The van der Waals surface area contributed by atoms with Gasteiger partial charge in [-0.1, -0.05) is 146 Å². The Bertz CT molecular complexity index is 6020. The zero-order valence-electron chi connectivity index (χ0n) is 46.5. The zero-order valence-corrected chi connectivity index (χ0v) is 46.5. The van der Waals surface area contributed by atoms with Crippen molar-refractivity contribution < 1.29 is 17.7 Å². The summed E-state index contributed by atoms with van der Waals surface area (Å²) in [6.07, 6.45) is 0. The van der Waals surface area contributed by atoms with Crippen molar-refractivity contribution in [2.24, 2.45) is 0 Å². The normalized spacial score (nSPS) is 12.5. The lowest BCUT2D eigenvalue weighted by Crippen LogP contribution is -2.13. The van der Waals surface area contributed by atoms with Crippen molar-refractivity contribution in [1.29, 1.82) is 5.26 Å². The molecule has 0 aliphatic carbocycles. The Kier molecular flexibility index (Phi) is 8.68. The van der Waals surface area contributed by atoms with Crippen LogP contribution in [0.4, 0.5) is 0 Å². The summed E-state index contributed by atoms with van der Waals surface area (Å²) in [4.78, 5) is 0. The molecule has 13 aromatic carbocycles. The summed E-state index contributed by atoms with van der Waals surface area (Å²) in [5.74, 6) is 0. The van der Waals surface area contributed by atoms with Gasteiger partial charge in [0, 0.05) is 110 Å². The molecule has 0 aliphatic rings. The number of nitriles is 1. The quantitative estimate of drug-likeness (QED) is 0.175. The topological polar surface area (TPSA) is 96.1 Å². The molecule has 0 saturated heterocycles. The molecule has 0 spiro atoms. The van der Waals surface area contributed by atoms with Crippen LogP contribution in [0.5, 0.6) is 0 Å². The van der Waals surface area contributed by atoms with Gasteiger partial charge in [0.15, 0.2) is 0 Å². The highest BCUT2D eigenvalue weighted by Gasteiger charge is 2.32. The fourth-order valence-corrected chi connectivity index (χ4v) is 15.3. The number of nitrogens with zero attached hydrogens (tertiary/aromatic N) is 5. The number of hydrogen-bond donors (Lipinski definition) is 0. The van der Waals surface area contributed by atoms with Crippen LogP contribution in [0.15, 0.2) is 266 Å². The molecule has 9 heteroatoms. The lowest BCUT2D eigenvalue weighted by molar-refractivity contribution is 0.668. The number of fused-ring (bicyclic) bond motifs is 24. The van der Waals surface area contributed by atoms with Gasteiger partial charge in [-0.15, -0.1) is 0 Å². The molecule has 0 bridgehead atoms. The van der Waals surface area contributed by atoms with Gasteiger partial charge in [-0.3, -0.25) is 0 Å². The maximum absolute atomic E-state index is 13.0. The van der Waals surface area contributed by atoms with Crippen molar-refractivity contribution in [2.45, 2.75) is 0 Å². The van der Waals surface area contributed by atoms with Crippen molar-refractivity contribution >= 4 is 175 Å². The molecule has 0 unspecified atom stereocenters. The van der Waals surface area contributed by atoms with Crippen molar-refractivity contribution in [2.75, 3.05) is 0 Å². The first-order valence-electron chi connectivity index (χ1n) is 29.6. The molecular formula is C79H41N5O4. The SMILES string of the molecule is N#Cc1c(-n2c3ccccc3c3ccccc32)c(-n2c3cc4oc5ccccc5c4cc3c3cc4c(cc32)oc2ccccc24)cc(-n2c3cc4oc5ccccc5c4cc3c3cc4c(cc32)oc2ccccc24)c1-n1c2ccccc2c2ccccc21. The Hall–Kier alpha value is -12.3. The molecule has 21 aromatic rings. The highest BCUT2D eigenvalue weighted by Crippen LogP contribution is 2.50. The zero-order chi connectivity index (χ0) is 57.2. The molecule has 0 amide bonds. The molecule has 8 aromatic heterocycles. The van der Waals surface area contributed by atoms with Crippen LogP contribution >= 0.6 is 0 Å². The van der Waals surface area contributed by atoms with Crippen molar-refractivity contribution in [3.8, 4) is 28.8 Å². The second kappa shape index (κ2) is 16.5. The van der Waals surface area contributed by atoms with E-state index in [1.807, 2.05) is 48.5 Å². The predicted molar refractivity (Wildman–Crippen MR) is 358 cm³/mol. The third kappa shape index (κ3) is 5.88. The molecule has 0 saturated carbocycles. The van der Waals surface area contributed by atoms with Gasteiger partial charge in [-0.05, 0) is 78.9 Å². The van der Waals surface area contributed by atoms with Gasteiger partial charge in [0.05, 0.1) is 66.9 Å². The largest absolute Gasteiger partial charge is 0.456 e. The minimum absolute atomic E-state index is 0.458. The van der Waals surface area contributed by atoms with Gasteiger partial charge >= 0.3 is 0 Å². The second-order valence-corrected chi connectivity index (χ2v) is 23.4. The third-order valence-corrected chi connectivity index (χ3v) is 19.0. The van der Waals surface area contributed by atoms with Gasteiger partial charge in [0.1, 0.15) is 56.3 Å². The minimum atomic E-state index is 0.458. The molecule has 406 valence electrons. The van der Waals surface area contributed by atoms with E-state index in [0.29, 0.717) is 16.9 Å². The van der Waals surface area contributed by atoms with Crippen molar-refractivity contribution in [3.63, 3.8) is 0 Å². The van der Waals surface area contributed by atoms with Gasteiger partial charge in [-0.25, -0.2) is 0 Å². The van der Waals surface area contributed by atoms with Crippen molar-refractivity contribution in [1.82, 2.24) is 18.3 Å². The van der Waals surface area contributed by atoms with E-state index in [-0.39, 0.29) is 0 Å². The summed E-state index contributed by atoms with van der Waals surface area (Å²) in [6.45, 7) is 0. The van der Waals surface area contributed by atoms with Crippen LogP contribution in [0.2, 0.25) is 0 Å². The Morgan fingerprint density at radius 3 is 0.739 bits per heavy atom. The summed E-state index contributed by atoms with van der Waals surface area (Å²) in [6, 6.07) is 90.7. The summed E-state index contributed by atoms with van der Waals surface area (Å²) >= 11 is 0. The minimum Gasteiger partial charge on any atom is -0.456 e. The molecule has 0 radical (unpaired) electrons. The smallest absolute Gasteiger partial charge is 0.137 e. The van der Waals surface area contributed by atoms with Crippen LogP contribution in [0.1, 0.15) is 5.56 Å². The van der Waals surface area contributed by atoms with Crippen molar-refractivity contribution in [3.05, 3.63) is 254 Å². The van der Waals surface area contributed by atoms with E-state index in [1.165, 1.54) is 0 Å². The number of para-hydroxylation sites is 8. The molecule has 8 heterocycles. The first-order chi connectivity index (χ1) is 43.6. The first-order valence-corrected chi connectivity index (χ1v) is 29.6. The van der Waals surface area contributed by atoms with E-state index in [4.69, 9.17) is 17.7 Å². The van der Waals surface area contributed by atoms with Gasteiger partial charge < -0.3 is 35.9 Å². The molecule has 0 N–H and O–H groups in total. The van der Waals surface area contributed by atoms with Gasteiger partial charge in [-0.2, -0.15) is 5.26 Å². The molecule has 9 nitrogen and oxygen atoms in total. The van der Waals surface area contributed by atoms with E-state index < -0.39 is 0 Å². The molecule has 21 rings (SSSR count). The summed E-state index contributed by atoms with van der Waals surface area (Å²) in [5, 5.41) is 29.6. The first kappa shape index (κ1) is 46.2. The van der Waals surface area contributed by atoms with Crippen LogP contribution in [0.3, 0.4) is 0 Å². The Labute approximate surface area is 496 Å². The van der Waals surface area contributed by atoms with Crippen LogP contribution in [0, 0.1) is 11.3 Å². The summed E-state index contributed by atoms with van der Waals surface area (Å²) in [7, 11) is 0. The van der Waals surface area contributed by atoms with Gasteiger partial charge in [0.25, 0.3) is 0 Å². The summed E-state index contributed by atoms with van der Waals surface area (Å²) < 4.78 is 36.8. The molecular weight excluding hydrogens is 1080 g/mol. The number of hydrogen-bond acceptors (Lipinski definition) is 5. The number of benzene rings is 13. The van der Waals surface area contributed by atoms with Gasteiger partial charge in [0.2, 0.25) is 0 Å². The highest BCUT2D eigenvalue weighted by molar-refractivity contribution is 6.24. The monoisotopic (exact) mass is 1120 g/mol. The van der Waals surface area contributed by atoms with E-state index in [0.717, 1.165) is 186 Å². The molecule has 0 fully saturated rings. The van der Waals surface area contributed by atoms with E-state index >= 15 is 0 Å². The Morgan fingerprint density at radius 1 is 0.216 bits per heavy atom. The fourth-order valence-electron chi connectivity index (χ4n) is 15.3. The fraction of sp³-hybridized carbons (Fsp3) is 0. The maximum atomic E-state index is 13.0. The third-order valence-electron chi connectivity index (χ3n) is 19.0. The average Bonchev–Trinajstić information content (AvgIpc) is 1.70. The average molecular weight is 1120 g/mol. The van der Waals surface area contributed by atoms with Crippen LogP contribution in [-0.2, 0) is 0 Å². The number of furan rings is 4. The maximum Gasteiger partial charge on any atom is 0.137 e. The summed E-state index contributed by atoms with van der Waals surface area (Å²) in [5.41, 5.74) is 17.0. The van der Waals surface area contributed by atoms with Crippen LogP contribution in [0.25, 0.3) is 198 Å². The standard InChI is InChI=1S/C79H41N5O4/c80-42-59-78(83-60-25-9-1-17-43(60)44-18-2-10-26-61(44)83)68(81-64-38-74-55(47-21-5-13-29-70(47)85-74)33-51(64)52-34-56-48-22-6-14-30-71(48)86-75(56)39-65(52)81)37-69(79(59)84-62-27-11-3-19-45(62)46-20-4-12-28-63(46)84)82-66-40-76-57(49-23-7-15-31-72(49)87-76)35-53(66)54-36-58-50-24-8-16-32-73(50)88-77(58)41-67(54)82/h1-41H. The van der Waals surface area contributed by atoms with E-state index in [2.05, 4.69) is 225 Å². The Morgan fingerprint density at radius 2 is 0.466 bits per heavy atom. The second-order valence-electron chi connectivity index (χ2n) is 23.4. The van der Waals surface area contributed by atoms with E-state index in [1.54, 1.807) is 0 Å². The highest BCUT2D eigenvalue weighted by atomic mass is 16.3. The van der Waals surface area contributed by atoms with Crippen LogP contribution in [-0.4, -0.2) is 18.3 Å². The lowest BCUT2D eigenvalue weighted by atomic mass is 10.0.